The molecule has 0 spiro atoms. The molecule has 1 unspecified atom stereocenters. The van der Waals surface area contributed by atoms with Gasteiger partial charge in [0, 0.05) is 31.2 Å². The van der Waals surface area contributed by atoms with E-state index in [9.17, 15) is 13.2 Å². The second-order valence-corrected chi connectivity index (χ2v) is 8.19. The van der Waals surface area contributed by atoms with Crippen LogP contribution in [0.4, 0.5) is 18.9 Å². The molecule has 7 heteroatoms. The number of halogens is 5. The van der Waals surface area contributed by atoms with Gasteiger partial charge in [-0.3, -0.25) is 4.90 Å². The minimum absolute atomic E-state index is 0.168. The maximum atomic E-state index is 14.0. The van der Waals surface area contributed by atoms with Gasteiger partial charge in [0.25, 0.3) is 0 Å². The van der Waals surface area contributed by atoms with Crippen LogP contribution in [0.25, 0.3) is 0 Å². The second kappa shape index (κ2) is 8.88. The van der Waals surface area contributed by atoms with Crippen molar-refractivity contribution < 1.29 is 13.2 Å². The van der Waals surface area contributed by atoms with Crippen molar-refractivity contribution in [1.29, 1.82) is 0 Å². The first-order valence-electron chi connectivity index (χ1n) is 9.54. The number of nitrogens with zero attached hydrogens (tertiary/aromatic N) is 2. The number of anilines is 1. The molecule has 0 aliphatic carbocycles. The zero-order valence-electron chi connectivity index (χ0n) is 16.0. The van der Waals surface area contributed by atoms with Gasteiger partial charge in [0.1, 0.15) is 5.82 Å². The minimum Gasteiger partial charge on any atom is -0.361 e. The third-order valence-electron chi connectivity index (χ3n) is 5.31. The largest absolute Gasteiger partial charge is 0.361 e. The predicted octanol–water partition coefficient (Wildman–Crippen LogP) is 6.47. The lowest BCUT2D eigenvalue weighted by Crippen LogP contribution is -2.48. The van der Waals surface area contributed by atoms with Crippen molar-refractivity contribution in [2.45, 2.75) is 12.6 Å². The monoisotopic (exact) mass is 450 g/mol. The summed E-state index contributed by atoms with van der Waals surface area (Å²) in [5.41, 5.74) is 2.32. The maximum Gasteiger partial charge on any atom is 0.159 e. The number of hydrogen-bond donors (Lipinski definition) is 0. The molecule has 0 amide bonds. The number of hydrogen-bond acceptors (Lipinski definition) is 2. The fourth-order valence-corrected chi connectivity index (χ4v) is 4.40. The Hall–Kier alpha value is -2.21. The molecule has 156 valence electrons. The van der Waals surface area contributed by atoms with Gasteiger partial charge >= 0.3 is 0 Å². The van der Waals surface area contributed by atoms with Gasteiger partial charge < -0.3 is 4.90 Å². The molecule has 1 aliphatic heterocycles. The smallest absolute Gasteiger partial charge is 0.159 e. The highest BCUT2D eigenvalue weighted by Crippen LogP contribution is 2.37. The van der Waals surface area contributed by atoms with Crippen LogP contribution >= 0.6 is 23.2 Å². The van der Waals surface area contributed by atoms with Gasteiger partial charge in [-0.2, -0.15) is 0 Å². The average molecular weight is 451 g/mol. The molecule has 0 aromatic heterocycles. The first-order valence-corrected chi connectivity index (χ1v) is 10.3. The van der Waals surface area contributed by atoms with Crippen molar-refractivity contribution in [1.82, 2.24) is 4.90 Å². The van der Waals surface area contributed by atoms with Crippen LogP contribution in [0.2, 0.25) is 10.0 Å². The summed E-state index contributed by atoms with van der Waals surface area (Å²) in [6.45, 7) is 2.35. The van der Waals surface area contributed by atoms with Crippen LogP contribution in [-0.2, 0) is 6.54 Å². The fourth-order valence-electron chi connectivity index (χ4n) is 3.88. The molecule has 1 heterocycles. The quantitative estimate of drug-likeness (QED) is 0.449. The molecule has 1 saturated heterocycles. The lowest BCUT2D eigenvalue weighted by molar-refractivity contribution is 0.215. The zero-order valence-corrected chi connectivity index (χ0v) is 17.5. The van der Waals surface area contributed by atoms with Gasteiger partial charge in [-0.05, 0) is 53.6 Å². The van der Waals surface area contributed by atoms with E-state index < -0.39 is 11.6 Å². The Kier molecular flexibility index (Phi) is 6.23. The van der Waals surface area contributed by atoms with Crippen molar-refractivity contribution >= 4 is 28.9 Å². The molecule has 1 fully saturated rings. The maximum absolute atomic E-state index is 14.0. The molecule has 1 atom stereocenters. The van der Waals surface area contributed by atoms with Crippen molar-refractivity contribution in [3.8, 4) is 0 Å². The molecule has 0 saturated carbocycles. The molecule has 0 radical (unpaired) electrons. The fraction of sp³-hybridized carbons (Fsp3) is 0.217. The normalized spacial score (nSPS) is 17.4. The van der Waals surface area contributed by atoms with Gasteiger partial charge in [0.2, 0.25) is 0 Å². The lowest BCUT2D eigenvalue weighted by atomic mass is 10.0. The number of piperazine rings is 1. The third kappa shape index (κ3) is 4.59. The summed E-state index contributed by atoms with van der Waals surface area (Å²) in [5, 5.41) is 1.07. The Morgan fingerprint density at radius 1 is 0.867 bits per heavy atom. The summed E-state index contributed by atoms with van der Waals surface area (Å²) in [4.78, 5) is 4.28. The van der Waals surface area contributed by atoms with Gasteiger partial charge in [0.15, 0.2) is 11.6 Å². The summed E-state index contributed by atoms with van der Waals surface area (Å²) in [5.74, 6) is -2.04. The van der Waals surface area contributed by atoms with Crippen molar-refractivity contribution in [2.75, 3.05) is 24.5 Å². The summed E-state index contributed by atoms with van der Waals surface area (Å²) in [6.07, 6.45) is 0. The Morgan fingerprint density at radius 2 is 1.70 bits per heavy atom. The summed E-state index contributed by atoms with van der Waals surface area (Å²) in [7, 11) is 0. The highest BCUT2D eigenvalue weighted by atomic mass is 35.5. The zero-order chi connectivity index (χ0) is 21.3. The Morgan fingerprint density at radius 3 is 2.43 bits per heavy atom. The van der Waals surface area contributed by atoms with E-state index in [4.69, 9.17) is 23.2 Å². The Bertz CT molecular complexity index is 1060. The average Bonchev–Trinajstić information content (AvgIpc) is 2.71. The predicted molar refractivity (Wildman–Crippen MR) is 115 cm³/mol. The van der Waals surface area contributed by atoms with Crippen LogP contribution in [-0.4, -0.2) is 24.5 Å². The summed E-state index contributed by atoms with van der Waals surface area (Å²) >= 11 is 12.5. The van der Waals surface area contributed by atoms with E-state index >= 15 is 0 Å². The van der Waals surface area contributed by atoms with E-state index in [1.807, 2.05) is 12.1 Å². The molecule has 3 aromatic carbocycles. The van der Waals surface area contributed by atoms with Crippen molar-refractivity contribution in [2.24, 2.45) is 0 Å². The van der Waals surface area contributed by atoms with Gasteiger partial charge in [-0.25, -0.2) is 13.2 Å². The molecule has 30 heavy (non-hydrogen) atoms. The summed E-state index contributed by atoms with van der Waals surface area (Å²) < 4.78 is 40.8. The van der Waals surface area contributed by atoms with E-state index in [1.165, 1.54) is 18.2 Å². The van der Waals surface area contributed by atoms with E-state index in [2.05, 4.69) is 9.80 Å². The van der Waals surface area contributed by atoms with E-state index in [-0.39, 0.29) is 11.9 Å². The van der Waals surface area contributed by atoms with Crippen LogP contribution in [0.5, 0.6) is 0 Å². The Balaban J connectivity index is 1.63. The molecule has 3 aromatic rings. The highest BCUT2D eigenvalue weighted by molar-refractivity contribution is 6.36. The number of benzene rings is 3. The topological polar surface area (TPSA) is 6.48 Å². The number of rotatable bonds is 4. The Labute approximate surface area is 183 Å². The molecule has 1 aliphatic rings. The summed E-state index contributed by atoms with van der Waals surface area (Å²) in [6, 6.07) is 15.6. The molecule has 0 N–H and O–H groups in total. The van der Waals surface area contributed by atoms with Crippen LogP contribution in [0.1, 0.15) is 17.2 Å². The van der Waals surface area contributed by atoms with E-state index in [1.54, 1.807) is 24.3 Å². The SMILES string of the molecule is Fc1cccc(C2CN(Cc3ccc(F)c(F)c3)CCN2c2ccc(Cl)cc2Cl)c1. The first-order chi connectivity index (χ1) is 14.4. The van der Waals surface area contributed by atoms with Crippen molar-refractivity contribution in [3.05, 3.63) is 99.3 Å². The van der Waals surface area contributed by atoms with Crippen LogP contribution in [0.3, 0.4) is 0 Å². The van der Waals surface area contributed by atoms with Gasteiger partial charge in [-0.1, -0.05) is 41.4 Å². The molecular formula is C23H19Cl2F3N2. The second-order valence-electron chi connectivity index (χ2n) is 7.34. The van der Waals surface area contributed by atoms with Gasteiger partial charge in [0.05, 0.1) is 16.8 Å². The lowest BCUT2D eigenvalue weighted by Gasteiger charge is -2.43. The van der Waals surface area contributed by atoms with E-state index in [0.717, 1.165) is 17.3 Å². The molecule has 0 bridgehead atoms. The molecular weight excluding hydrogens is 432 g/mol. The first kappa shape index (κ1) is 21.0. The van der Waals surface area contributed by atoms with Gasteiger partial charge in [-0.15, -0.1) is 0 Å². The minimum atomic E-state index is -0.862. The van der Waals surface area contributed by atoms with Crippen LogP contribution in [0, 0.1) is 17.5 Å². The van der Waals surface area contributed by atoms with Crippen molar-refractivity contribution in [3.63, 3.8) is 0 Å². The standard InChI is InChI=1S/C23H19Cl2F3N2/c24-17-5-7-22(19(25)12-17)30-9-8-29(13-15-4-6-20(27)21(28)10-15)14-23(30)16-2-1-3-18(26)11-16/h1-7,10-12,23H,8-9,13-14H2. The molecule has 2 nitrogen and oxygen atoms in total. The molecule has 4 rings (SSSR count). The third-order valence-corrected chi connectivity index (χ3v) is 5.85. The van der Waals surface area contributed by atoms with Crippen LogP contribution < -0.4 is 4.90 Å². The van der Waals surface area contributed by atoms with Crippen LogP contribution in [0.15, 0.2) is 60.7 Å². The highest BCUT2D eigenvalue weighted by Gasteiger charge is 2.30. The van der Waals surface area contributed by atoms with E-state index in [0.29, 0.717) is 41.8 Å².